The van der Waals surface area contributed by atoms with E-state index in [2.05, 4.69) is 33.9 Å². The summed E-state index contributed by atoms with van der Waals surface area (Å²) in [7, 11) is -1.73. The van der Waals surface area contributed by atoms with Crippen LogP contribution in [0.25, 0.3) is 0 Å². The van der Waals surface area contributed by atoms with Gasteiger partial charge in [0.25, 0.3) is 0 Å². The average Bonchev–Trinajstić information content (AvgIpc) is 1.97. The maximum atomic E-state index is 11.0. The molecule has 0 saturated heterocycles. The highest BCUT2D eigenvalue weighted by Crippen LogP contribution is 2.46. The molecule has 0 aliphatic heterocycles. The molecule has 0 amide bonds. The molecule has 0 unspecified atom stereocenters. The van der Waals surface area contributed by atoms with Crippen LogP contribution in [0.2, 0.25) is 18.1 Å². The summed E-state index contributed by atoms with van der Waals surface area (Å²) in [6, 6.07) is 0. The summed E-state index contributed by atoms with van der Waals surface area (Å²) < 4.78 is 6.16. The van der Waals surface area contributed by atoms with Crippen molar-refractivity contribution in [1.29, 1.82) is 0 Å². The van der Waals surface area contributed by atoms with Crippen LogP contribution >= 0.6 is 0 Å². The summed E-state index contributed by atoms with van der Waals surface area (Å²) in [5, 5.41) is 9.22. The van der Waals surface area contributed by atoms with Gasteiger partial charge in [0.2, 0.25) is 0 Å². The van der Waals surface area contributed by atoms with E-state index in [0.717, 1.165) is 0 Å². The van der Waals surface area contributed by atoms with E-state index in [-0.39, 0.29) is 11.1 Å². The van der Waals surface area contributed by atoms with Crippen molar-refractivity contribution >= 4 is 14.3 Å². The van der Waals surface area contributed by atoms with Crippen molar-refractivity contribution in [2.45, 2.75) is 64.8 Å². The van der Waals surface area contributed by atoms with Crippen LogP contribution in [0.4, 0.5) is 0 Å². The second-order valence-electron chi connectivity index (χ2n) is 6.77. The quantitative estimate of drug-likeness (QED) is 0.775. The van der Waals surface area contributed by atoms with Crippen LogP contribution in [0.15, 0.2) is 0 Å². The second kappa shape index (κ2) is 3.84. The van der Waals surface area contributed by atoms with Gasteiger partial charge in [-0.2, -0.15) is 0 Å². The molecule has 4 heteroatoms. The first-order chi connectivity index (χ1) is 6.98. The zero-order chi connectivity index (χ0) is 12.8. The number of hydrogen-bond acceptors (Lipinski definition) is 2. The minimum atomic E-state index is -1.73. The number of carboxylic acid groups (broad SMARTS) is 1. The van der Waals surface area contributed by atoms with E-state index >= 15 is 0 Å². The Hall–Kier alpha value is -0.353. The fourth-order valence-corrected chi connectivity index (χ4v) is 3.15. The molecule has 1 aliphatic rings. The molecule has 0 atom stereocenters. The van der Waals surface area contributed by atoms with Crippen molar-refractivity contribution in [3.05, 3.63) is 0 Å². The molecule has 16 heavy (non-hydrogen) atoms. The van der Waals surface area contributed by atoms with Crippen LogP contribution in [-0.2, 0) is 9.22 Å². The molecule has 0 heterocycles. The van der Waals surface area contributed by atoms with E-state index in [9.17, 15) is 4.79 Å². The van der Waals surface area contributed by atoms with E-state index in [4.69, 9.17) is 9.53 Å². The first-order valence-corrected chi connectivity index (χ1v) is 8.80. The molecule has 0 aromatic rings. The summed E-state index contributed by atoms with van der Waals surface area (Å²) in [4.78, 5) is 11.0. The van der Waals surface area contributed by atoms with Crippen LogP contribution in [-0.4, -0.2) is 25.5 Å². The molecular weight excluding hydrogens is 220 g/mol. The number of rotatable bonds is 3. The Morgan fingerprint density at radius 3 is 2.12 bits per heavy atom. The van der Waals surface area contributed by atoms with E-state index in [1.54, 1.807) is 6.92 Å². The van der Waals surface area contributed by atoms with Crippen molar-refractivity contribution in [3.63, 3.8) is 0 Å². The predicted octanol–water partition coefficient (Wildman–Crippen LogP) is 3.26. The van der Waals surface area contributed by atoms with Gasteiger partial charge < -0.3 is 9.53 Å². The number of carboxylic acids is 1. The van der Waals surface area contributed by atoms with E-state index in [1.165, 1.54) is 0 Å². The molecule has 0 bridgehead atoms. The molecule has 1 N–H and O–H groups in total. The van der Waals surface area contributed by atoms with E-state index < -0.39 is 19.7 Å². The molecule has 0 radical (unpaired) electrons. The Morgan fingerprint density at radius 2 is 1.81 bits per heavy atom. The van der Waals surface area contributed by atoms with Crippen LogP contribution < -0.4 is 0 Å². The number of hydrogen-bond donors (Lipinski definition) is 1. The lowest BCUT2D eigenvalue weighted by atomic mass is 9.68. The smallest absolute Gasteiger partial charge is 0.309 e. The third kappa shape index (κ3) is 2.48. The van der Waals surface area contributed by atoms with Crippen molar-refractivity contribution in [2.24, 2.45) is 5.41 Å². The zero-order valence-electron chi connectivity index (χ0n) is 11.3. The molecule has 0 spiro atoms. The van der Waals surface area contributed by atoms with Crippen LogP contribution in [0.1, 0.15) is 40.5 Å². The van der Waals surface area contributed by atoms with E-state index in [0.29, 0.717) is 12.8 Å². The molecule has 3 nitrogen and oxygen atoms in total. The summed E-state index contributed by atoms with van der Waals surface area (Å²) in [6.07, 6.45) is 1.48. The molecule has 1 saturated carbocycles. The van der Waals surface area contributed by atoms with Gasteiger partial charge in [-0.15, -0.1) is 0 Å². The van der Waals surface area contributed by atoms with Gasteiger partial charge in [-0.25, -0.2) is 0 Å². The minimum Gasteiger partial charge on any atom is -0.481 e. The summed E-state index contributed by atoms with van der Waals surface area (Å²) in [5.74, 6) is -0.692. The Bertz CT molecular complexity index is 285. The van der Waals surface area contributed by atoms with Crippen molar-refractivity contribution in [2.75, 3.05) is 0 Å². The molecule has 1 fully saturated rings. The van der Waals surface area contributed by atoms with E-state index in [1.807, 2.05) is 0 Å². The summed E-state index contributed by atoms with van der Waals surface area (Å²) >= 11 is 0. The van der Waals surface area contributed by atoms with Gasteiger partial charge in [-0.05, 0) is 37.9 Å². The lowest BCUT2D eigenvalue weighted by molar-refractivity contribution is -0.159. The Labute approximate surface area is 99.3 Å². The van der Waals surface area contributed by atoms with Gasteiger partial charge >= 0.3 is 5.97 Å². The first kappa shape index (κ1) is 13.7. The standard InChI is InChI=1S/C12H24O3Si/c1-11(2,3)16(5,6)15-9-7-12(4,8-9)10(13)14/h9H,7-8H2,1-6H3,(H,13,14). The maximum Gasteiger partial charge on any atom is 0.309 e. The fraction of sp³-hybridized carbons (Fsp3) is 0.917. The summed E-state index contributed by atoms with van der Waals surface area (Å²) in [5.41, 5.74) is -0.549. The summed E-state index contributed by atoms with van der Waals surface area (Å²) in [6.45, 7) is 12.8. The van der Waals surface area contributed by atoms with Crippen molar-refractivity contribution < 1.29 is 14.3 Å². The van der Waals surface area contributed by atoms with Gasteiger partial charge in [-0.3, -0.25) is 4.79 Å². The normalized spacial score (nSPS) is 31.0. The predicted molar refractivity (Wildman–Crippen MR) is 67.0 cm³/mol. The minimum absolute atomic E-state index is 0.155. The average molecular weight is 244 g/mol. The number of carbonyl (C=O) groups is 1. The highest BCUT2D eigenvalue weighted by Gasteiger charge is 2.50. The topological polar surface area (TPSA) is 46.5 Å². The van der Waals surface area contributed by atoms with Gasteiger partial charge in [0, 0.05) is 6.10 Å². The highest BCUT2D eigenvalue weighted by molar-refractivity contribution is 6.74. The fourth-order valence-electron chi connectivity index (χ4n) is 1.80. The molecule has 0 aromatic carbocycles. The van der Waals surface area contributed by atoms with Crippen LogP contribution in [0.5, 0.6) is 0 Å². The molecular formula is C12H24O3Si. The molecule has 1 aliphatic carbocycles. The third-order valence-corrected chi connectivity index (χ3v) is 8.68. The lowest BCUT2D eigenvalue weighted by Crippen LogP contribution is -2.52. The third-order valence-electron chi connectivity index (χ3n) is 4.14. The van der Waals surface area contributed by atoms with Crippen LogP contribution in [0, 0.1) is 5.41 Å². The largest absolute Gasteiger partial charge is 0.481 e. The zero-order valence-corrected chi connectivity index (χ0v) is 12.3. The Balaban J connectivity index is 2.53. The maximum absolute atomic E-state index is 11.0. The molecule has 0 aromatic heterocycles. The van der Waals surface area contributed by atoms with Crippen LogP contribution in [0.3, 0.4) is 0 Å². The second-order valence-corrected chi connectivity index (χ2v) is 11.5. The lowest BCUT2D eigenvalue weighted by Gasteiger charge is -2.47. The van der Waals surface area contributed by atoms with Crippen molar-refractivity contribution in [1.82, 2.24) is 0 Å². The van der Waals surface area contributed by atoms with Crippen molar-refractivity contribution in [3.8, 4) is 0 Å². The monoisotopic (exact) mass is 244 g/mol. The Morgan fingerprint density at radius 1 is 1.38 bits per heavy atom. The molecule has 94 valence electrons. The van der Waals surface area contributed by atoms with Gasteiger partial charge in [0.15, 0.2) is 8.32 Å². The first-order valence-electron chi connectivity index (χ1n) is 5.89. The molecule has 1 rings (SSSR count). The highest BCUT2D eigenvalue weighted by atomic mass is 28.4. The van der Waals surface area contributed by atoms with Gasteiger partial charge in [0.05, 0.1) is 5.41 Å². The van der Waals surface area contributed by atoms with Gasteiger partial charge in [0.1, 0.15) is 0 Å². The number of aliphatic carboxylic acids is 1. The SMILES string of the molecule is CC1(C(=O)O)CC(O[Si](C)(C)C(C)(C)C)C1. The van der Waals surface area contributed by atoms with Gasteiger partial charge in [-0.1, -0.05) is 20.8 Å². The Kier molecular flexibility index (Phi) is 3.29.